The molecule has 3 nitrogen and oxygen atoms in total. The highest BCUT2D eigenvalue weighted by Crippen LogP contribution is 2.10. The smallest absolute Gasteiger partial charge is 0.212 e. The van der Waals surface area contributed by atoms with E-state index in [0.29, 0.717) is 0 Å². The highest BCUT2D eigenvalue weighted by Gasteiger charge is 2.17. The average Bonchev–Trinajstić information content (AvgIpc) is 2.14. The van der Waals surface area contributed by atoms with Crippen molar-refractivity contribution in [1.82, 2.24) is 4.72 Å². The van der Waals surface area contributed by atoms with Gasteiger partial charge in [0.15, 0.2) is 0 Å². The van der Waals surface area contributed by atoms with Crippen LogP contribution in [0.4, 0.5) is 0 Å². The molecule has 1 heterocycles. The van der Waals surface area contributed by atoms with Crippen molar-refractivity contribution < 1.29 is 5.11 Å². The SMILES string of the molecule is CCC1NSN=C1O. The van der Waals surface area contributed by atoms with Crippen LogP contribution < -0.4 is 4.72 Å². The van der Waals surface area contributed by atoms with Gasteiger partial charge in [-0.15, -0.1) is 0 Å². The Kier molecular flexibility index (Phi) is 1.75. The summed E-state index contributed by atoms with van der Waals surface area (Å²) in [6.07, 6.45) is 0.891. The fourth-order valence-corrected chi connectivity index (χ4v) is 1.19. The van der Waals surface area contributed by atoms with Crippen LogP contribution in [0.1, 0.15) is 13.3 Å². The molecule has 2 N–H and O–H groups in total. The van der Waals surface area contributed by atoms with Crippen LogP contribution in [0.25, 0.3) is 0 Å². The van der Waals surface area contributed by atoms with Gasteiger partial charge in [-0.25, -0.2) is 4.72 Å². The Morgan fingerprint density at radius 3 is 3.00 bits per heavy atom. The van der Waals surface area contributed by atoms with Crippen LogP contribution >= 0.6 is 12.1 Å². The molecule has 0 radical (unpaired) electrons. The number of nitrogens with one attached hydrogen (secondary N) is 1. The van der Waals surface area contributed by atoms with Crippen molar-refractivity contribution in [2.45, 2.75) is 19.4 Å². The highest BCUT2D eigenvalue weighted by atomic mass is 32.2. The number of nitrogens with zero attached hydrogens (tertiary/aromatic N) is 1. The summed E-state index contributed by atoms with van der Waals surface area (Å²) in [6, 6.07) is 0.0833. The monoisotopic (exact) mass is 132 g/mol. The van der Waals surface area contributed by atoms with E-state index in [1.165, 1.54) is 12.1 Å². The topological polar surface area (TPSA) is 44.6 Å². The van der Waals surface area contributed by atoms with E-state index in [2.05, 4.69) is 9.12 Å². The van der Waals surface area contributed by atoms with Gasteiger partial charge in [-0.2, -0.15) is 4.40 Å². The van der Waals surface area contributed by atoms with Gasteiger partial charge in [-0.1, -0.05) is 6.92 Å². The minimum absolute atomic E-state index is 0.0833. The predicted octanol–water partition coefficient (Wildman–Crippen LogP) is 0.888. The van der Waals surface area contributed by atoms with E-state index >= 15 is 0 Å². The molecule has 1 aliphatic heterocycles. The lowest BCUT2D eigenvalue weighted by atomic mass is 10.2. The van der Waals surface area contributed by atoms with Crippen LogP contribution in [-0.4, -0.2) is 17.0 Å². The summed E-state index contributed by atoms with van der Waals surface area (Å²) >= 11 is 1.20. The van der Waals surface area contributed by atoms with Crippen LogP contribution in [0.2, 0.25) is 0 Å². The number of rotatable bonds is 1. The summed E-state index contributed by atoms with van der Waals surface area (Å²) in [4.78, 5) is 0. The average molecular weight is 132 g/mol. The lowest BCUT2D eigenvalue weighted by Gasteiger charge is -2.01. The van der Waals surface area contributed by atoms with E-state index in [1.54, 1.807) is 0 Å². The van der Waals surface area contributed by atoms with Gasteiger partial charge in [-0.05, 0) is 6.42 Å². The summed E-state index contributed by atoms with van der Waals surface area (Å²) < 4.78 is 6.59. The van der Waals surface area contributed by atoms with Gasteiger partial charge in [-0.3, -0.25) is 0 Å². The minimum Gasteiger partial charge on any atom is -0.495 e. The molecule has 0 amide bonds. The van der Waals surface area contributed by atoms with E-state index in [1.807, 2.05) is 6.92 Å². The Hall–Kier alpha value is -0.220. The van der Waals surface area contributed by atoms with E-state index < -0.39 is 0 Å². The van der Waals surface area contributed by atoms with Gasteiger partial charge in [0.1, 0.15) is 0 Å². The van der Waals surface area contributed by atoms with E-state index in [0.717, 1.165) is 6.42 Å². The summed E-state index contributed by atoms with van der Waals surface area (Å²) in [7, 11) is 0. The summed E-state index contributed by atoms with van der Waals surface area (Å²) in [5, 5.41) is 8.86. The van der Waals surface area contributed by atoms with Gasteiger partial charge in [0.05, 0.1) is 18.2 Å². The Labute approximate surface area is 52.5 Å². The van der Waals surface area contributed by atoms with Crippen molar-refractivity contribution in [3.63, 3.8) is 0 Å². The third kappa shape index (κ3) is 0.952. The number of hydrogen-bond acceptors (Lipinski definition) is 3. The zero-order valence-corrected chi connectivity index (χ0v) is 5.40. The largest absolute Gasteiger partial charge is 0.495 e. The first-order chi connectivity index (χ1) is 3.84. The molecule has 0 saturated heterocycles. The molecule has 1 rings (SSSR count). The number of aliphatic hydroxyl groups is 1. The van der Waals surface area contributed by atoms with Crippen molar-refractivity contribution in [2.24, 2.45) is 4.40 Å². The fourth-order valence-electron chi connectivity index (χ4n) is 0.519. The molecule has 1 aliphatic rings. The second-order valence-corrected chi connectivity index (χ2v) is 2.22. The van der Waals surface area contributed by atoms with Gasteiger partial charge >= 0.3 is 0 Å². The first-order valence-electron chi connectivity index (χ1n) is 2.53. The van der Waals surface area contributed by atoms with Gasteiger partial charge in [0.25, 0.3) is 0 Å². The van der Waals surface area contributed by atoms with Crippen LogP contribution in [0.3, 0.4) is 0 Å². The maximum Gasteiger partial charge on any atom is 0.212 e. The highest BCUT2D eigenvalue weighted by molar-refractivity contribution is 7.96. The molecule has 0 aromatic heterocycles. The lowest BCUT2D eigenvalue weighted by Crippen LogP contribution is -2.25. The summed E-state index contributed by atoms with van der Waals surface area (Å²) in [5.74, 6) is 0.220. The molecular formula is C4H8N2OS. The molecule has 46 valence electrons. The number of hydrogen-bond donors (Lipinski definition) is 2. The molecule has 0 aromatic rings. The Bertz CT molecular complexity index is 115. The standard InChI is InChI=1S/C4H8N2OS/c1-2-3-4(7)6-8-5-3/h3,5H,2H2,1H3,(H,6,7). The molecule has 0 spiro atoms. The zero-order chi connectivity index (χ0) is 5.98. The maximum absolute atomic E-state index is 8.86. The molecule has 1 atom stereocenters. The number of aliphatic hydroxyl groups excluding tert-OH is 1. The second kappa shape index (κ2) is 2.37. The third-order valence-electron chi connectivity index (χ3n) is 1.05. The molecule has 0 aliphatic carbocycles. The van der Waals surface area contributed by atoms with Gasteiger partial charge < -0.3 is 5.11 Å². The first-order valence-corrected chi connectivity index (χ1v) is 3.30. The van der Waals surface area contributed by atoms with E-state index in [9.17, 15) is 0 Å². The van der Waals surface area contributed by atoms with Crippen LogP contribution in [0.5, 0.6) is 0 Å². The van der Waals surface area contributed by atoms with Crippen molar-refractivity contribution in [1.29, 1.82) is 0 Å². The second-order valence-electron chi connectivity index (χ2n) is 1.62. The van der Waals surface area contributed by atoms with Crippen molar-refractivity contribution in [3.8, 4) is 0 Å². The molecular weight excluding hydrogens is 124 g/mol. The van der Waals surface area contributed by atoms with Crippen LogP contribution in [-0.2, 0) is 0 Å². The normalized spacial score (nSPS) is 28.1. The third-order valence-corrected chi connectivity index (χ3v) is 1.72. The molecule has 0 bridgehead atoms. The summed E-state index contributed by atoms with van der Waals surface area (Å²) in [6.45, 7) is 2.00. The minimum atomic E-state index is 0.0833. The van der Waals surface area contributed by atoms with E-state index in [4.69, 9.17) is 5.11 Å². The first kappa shape index (κ1) is 5.91. The Morgan fingerprint density at radius 2 is 2.75 bits per heavy atom. The molecule has 8 heavy (non-hydrogen) atoms. The van der Waals surface area contributed by atoms with Crippen molar-refractivity contribution >= 4 is 18.0 Å². The van der Waals surface area contributed by atoms with Crippen LogP contribution in [0.15, 0.2) is 4.40 Å². The van der Waals surface area contributed by atoms with E-state index in [-0.39, 0.29) is 11.9 Å². The lowest BCUT2D eigenvalue weighted by molar-refractivity contribution is 0.509. The van der Waals surface area contributed by atoms with Gasteiger partial charge in [0.2, 0.25) is 5.90 Å². The predicted molar refractivity (Wildman–Crippen MR) is 34.9 cm³/mol. The molecule has 1 unspecified atom stereocenters. The van der Waals surface area contributed by atoms with Crippen molar-refractivity contribution in [3.05, 3.63) is 0 Å². The Balaban J connectivity index is 2.46. The molecule has 4 heteroatoms. The van der Waals surface area contributed by atoms with Crippen molar-refractivity contribution in [2.75, 3.05) is 0 Å². The van der Waals surface area contributed by atoms with Gasteiger partial charge in [0, 0.05) is 0 Å². The fraction of sp³-hybridized carbons (Fsp3) is 0.750. The summed E-state index contributed by atoms with van der Waals surface area (Å²) in [5.41, 5.74) is 0. The quantitative estimate of drug-likeness (QED) is 0.521. The maximum atomic E-state index is 8.86. The molecule has 0 saturated carbocycles. The molecule has 0 fully saturated rings. The Morgan fingerprint density at radius 1 is 2.00 bits per heavy atom. The van der Waals surface area contributed by atoms with Crippen LogP contribution in [0, 0.1) is 0 Å². The molecule has 0 aromatic carbocycles. The zero-order valence-electron chi connectivity index (χ0n) is 4.59.